The second-order valence-electron chi connectivity index (χ2n) is 7.85. The van der Waals surface area contributed by atoms with Gasteiger partial charge in [-0.15, -0.1) is 11.3 Å². The van der Waals surface area contributed by atoms with E-state index in [1.54, 1.807) is 12.1 Å². The van der Waals surface area contributed by atoms with Gasteiger partial charge in [0.25, 0.3) is 5.91 Å². The molecule has 0 fully saturated rings. The number of aromatic nitrogens is 2. The van der Waals surface area contributed by atoms with E-state index in [0.29, 0.717) is 16.3 Å². The van der Waals surface area contributed by atoms with Crippen molar-refractivity contribution in [2.45, 2.75) is 50.4 Å². The lowest BCUT2D eigenvalue weighted by molar-refractivity contribution is -0.174. The van der Waals surface area contributed by atoms with Crippen LogP contribution in [0.2, 0.25) is 0 Å². The Hall–Kier alpha value is -3.26. The highest BCUT2D eigenvalue weighted by molar-refractivity contribution is 7.16. The molecular formula is C21H18F3N5O2S. The van der Waals surface area contributed by atoms with Gasteiger partial charge in [0, 0.05) is 17.4 Å². The van der Waals surface area contributed by atoms with Crippen LogP contribution >= 0.6 is 11.3 Å². The molecule has 1 aliphatic heterocycles. The number of nitrogens with one attached hydrogen (secondary N) is 2. The number of carbonyl (C=O) groups excluding carboxylic acids is 1. The standard InChI is InChI=1S/C21H18F3N5O2S/c22-21(23,24)17-8-13(15-5-3-7-31-15)26-18-9-14(28-29(17)18)19(30)27-20-12(10-25)11-4-1-2-6-16(11)32-20/h3,5,7,9,13,17,26H,1-2,4,6,8H2,(H,27,30)/t13-,17+/m0/s1. The van der Waals surface area contributed by atoms with E-state index in [0.717, 1.165) is 40.8 Å². The highest BCUT2D eigenvalue weighted by Crippen LogP contribution is 2.44. The predicted molar refractivity (Wildman–Crippen MR) is 111 cm³/mol. The summed E-state index contributed by atoms with van der Waals surface area (Å²) in [5.74, 6) is -0.198. The molecule has 32 heavy (non-hydrogen) atoms. The fraction of sp³-hybridized carbons (Fsp3) is 0.381. The van der Waals surface area contributed by atoms with Crippen molar-refractivity contribution in [2.24, 2.45) is 0 Å². The molecule has 0 saturated heterocycles. The molecule has 3 aromatic rings. The number of furan rings is 1. The summed E-state index contributed by atoms with van der Waals surface area (Å²) in [4.78, 5) is 13.9. The molecule has 3 aromatic heterocycles. The zero-order valence-electron chi connectivity index (χ0n) is 16.7. The molecule has 0 spiro atoms. The fourth-order valence-electron chi connectivity index (χ4n) is 4.30. The minimum absolute atomic E-state index is 0.0797. The van der Waals surface area contributed by atoms with Gasteiger partial charge < -0.3 is 15.1 Å². The van der Waals surface area contributed by atoms with Gasteiger partial charge in [-0.3, -0.25) is 4.79 Å². The third-order valence-electron chi connectivity index (χ3n) is 5.82. The molecule has 2 atom stereocenters. The van der Waals surface area contributed by atoms with Gasteiger partial charge in [-0.25, -0.2) is 4.68 Å². The summed E-state index contributed by atoms with van der Waals surface area (Å²) in [5.41, 5.74) is 1.24. The summed E-state index contributed by atoms with van der Waals surface area (Å²) in [6.07, 6.45) is 0.189. The fourth-order valence-corrected chi connectivity index (χ4v) is 5.53. The molecule has 5 rings (SSSR count). The van der Waals surface area contributed by atoms with Crippen LogP contribution in [0.4, 0.5) is 24.0 Å². The van der Waals surface area contributed by atoms with Crippen LogP contribution in [0, 0.1) is 11.3 Å². The number of anilines is 2. The van der Waals surface area contributed by atoms with Gasteiger partial charge >= 0.3 is 6.18 Å². The molecule has 0 aromatic carbocycles. The maximum Gasteiger partial charge on any atom is 0.410 e. The van der Waals surface area contributed by atoms with E-state index < -0.39 is 24.2 Å². The summed E-state index contributed by atoms with van der Waals surface area (Å²) in [5, 5.41) is 19.6. The Morgan fingerprint density at radius 2 is 2.19 bits per heavy atom. The molecule has 1 aliphatic carbocycles. The molecule has 0 unspecified atom stereocenters. The number of nitriles is 1. The first kappa shape index (κ1) is 20.6. The van der Waals surface area contributed by atoms with E-state index in [9.17, 15) is 23.2 Å². The van der Waals surface area contributed by atoms with E-state index in [1.807, 2.05) is 0 Å². The SMILES string of the molecule is N#Cc1c(NC(=O)c2cc3n(n2)[C@@H](C(F)(F)F)C[C@@H](c2ccco2)N3)sc2c1CCCC2. The molecule has 2 aliphatic rings. The smallest absolute Gasteiger partial charge is 0.410 e. The van der Waals surface area contributed by atoms with Crippen LogP contribution in [0.25, 0.3) is 0 Å². The lowest BCUT2D eigenvalue weighted by Gasteiger charge is -2.32. The molecular weight excluding hydrogens is 443 g/mol. The zero-order chi connectivity index (χ0) is 22.5. The van der Waals surface area contributed by atoms with Gasteiger partial charge in [0.1, 0.15) is 22.6 Å². The van der Waals surface area contributed by atoms with Gasteiger partial charge in [0.15, 0.2) is 11.7 Å². The van der Waals surface area contributed by atoms with E-state index in [1.165, 1.54) is 23.7 Å². The number of nitrogens with zero attached hydrogens (tertiary/aromatic N) is 3. The predicted octanol–water partition coefficient (Wildman–Crippen LogP) is 5.20. The second-order valence-corrected chi connectivity index (χ2v) is 8.95. The average molecular weight is 461 g/mol. The van der Waals surface area contributed by atoms with Crippen LogP contribution in [-0.2, 0) is 12.8 Å². The first-order valence-electron chi connectivity index (χ1n) is 10.2. The quantitative estimate of drug-likeness (QED) is 0.559. The number of aryl methyl sites for hydroxylation is 1. The van der Waals surface area contributed by atoms with Gasteiger partial charge in [-0.2, -0.15) is 23.5 Å². The van der Waals surface area contributed by atoms with Gasteiger partial charge in [-0.1, -0.05) is 0 Å². The summed E-state index contributed by atoms with van der Waals surface area (Å²) >= 11 is 1.35. The minimum Gasteiger partial charge on any atom is -0.467 e. The van der Waals surface area contributed by atoms with Crippen molar-refractivity contribution >= 4 is 28.1 Å². The lowest BCUT2D eigenvalue weighted by Crippen LogP contribution is -2.35. The Morgan fingerprint density at radius 1 is 1.38 bits per heavy atom. The van der Waals surface area contributed by atoms with Crippen molar-refractivity contribution in [1.82, 2.24) is 9.78 Å². The Kier molecular flexibility index (Phi) is 4.97. The third-order valence-corrected chi connectivity index (χ3v) is 7.03. The van der Waals surface area contributed by atoms with E-state index in [2.05, 4.69) is 21.8 Å². The highest BCUT2D eigenvalue weighted by Gasteiger charge is 2.47. The first-order valence-corrected chi connectivity index (χ1v) is 11.0. The zero-order valence-corrected chi connectivity index (χ0v) is 17.5. The number of thiophene rings is 1. The van der Waals surface area contributed by atoms with E-state index in [-0.39, 0.29) is 17.9 Å². The first-order chi connectivity index (χ1) is 15.3. The van der Waals surface area contributed by atoms with E-state index >= 15 is 0 Å². The van der Waals surface area contributed by atoms with Crippen LogP contribution in [0.15, 0.2) is 28.9 Å². The van der Waals surface area contributed by atoms with Crippen molar-refractivity contribution in [3.8, 4) is 6.07 Å². The summed E-state index contributed by atoms with van der Waals surface area (Å²) in [7, 11) is 0. The third kappa shape index (κ3) is 3.54. The van der Waals surface area contributed by atoms with Gasteiger partial charge in [0.2, 0.25) is 0 Å². The monoisotopic (exact) mass is 461 g/mol. The normalized spacial score (nSPS) is 20.1. The number of halogens is 3. The topological polar surface area (TPSA) is 95.9 Å². The Labute approximate surface area is 184 Å². The molecule has 2 N–H and O–H groups in total. The van der Waals surface area contributed by atoms with Crippen LogP contribution in [0.5, 0.6) is 0 Å². The second kappa shape index (κ2) is 7.70. The molecule has 0 bridgehead atoms. The van der Waals surface area contributed by atoms with E-state index in [4.69, 9.17) is 4.42 Å². The number of hydrogen-bond acceptors (Lipinski definition) is 6. The Morgan fingerprint density at radius 3 is 2.91 bits per heavy atom. The summed E-state index contributed by atoms with van der Waals surface area (Å²) in [6, 6.07) is 4.06. The maximum absolute atomic E-state index is 13.8. The Balaban J connectivity index is 1.45. The van der Waals surface area contributed by atoms with Crippen molar-refractivity contribution in [2.75, 3.05) is 10.6 Å². The van der Waals surface area contributed by atoms with Gasteiger partial charge in [0.05, 0.1) is 17.9 Å². The maximum atomic E-state index is 13.8. The molecule has 0 saturated carbocycles. The molecule has 4 heterocycles. The van der Waals surface area contributed by atoms with Crippen molar-refractivity contribution < 1.29 is 22.4 Å². The molecule has 1 amide bonds. The molecule has 11 heteroatoms. The number of fused-ring (bicyclic) bond motifs is 2. The largest absolute Gasteiger partial charge is 0.467 e. The van der Waals surface area contributed by atoms with Crippen molar-refractivity contribution in [3.63, 3.8) is 0 Å². The number of hydrogen-bond donors (Lipinski definition) is 2. The summed E-state index contributed by atoms with van der Waals surface area (Å²) < 4.78 is 47.4. The number of alkyl halides is 3. The highest BCUT2D eigenvalue weighted by atomic mass is 32.1. The minimum atomic E-state index is -4.55. The van der Waals surface area contributed by atoms with Crippen LogP contribution in [-0.4, -0.2) is 21.9 Å². The molecule has 0 radical (unpaired) electrons. The van der Waals surface area contributed by atoms with Crippen LogP contribution in [0.1, 0.15) is 63.6 Å². The average Bonchev–Trinajstić information content (AvgIpc) is 3.49. The molecule has 166 valence electrons. The number of rotatable bonds is 3. The van der Waals surface area contributed by atoms with Gasteiger partial charge in [-0.05, 0) is 43.4 Å². The van der Waals surface area contributed by atoms with Crippen molar-refractivity contribution in [3.05, 3.63) is 51.9 Å². The van der Waals surface area contributed by atoms with Crippen LogP contribution in [0.3, 0.4) is 0 Å². The number of carbonyl (C=O) groups is 1. The van der Waals surface area contributed by atoms with Crippen molar-refractivity contribution in [1.29, 1.82) is 5.26 Å². The van der Waals surface area contributed by atoms with Crippen LogP contribution < -0.4 is 10.6 Å². The lowest BCUT2D eigenvalue weighted by atomic mass is 9.96. The summed E-state index contributed by atoms with van der Waals surface area (Å²) in [6.45, 7) is 0. The molecule has 7 nitrogen and oxygen atoms in total. The number of amides is 1. The Bertz CT molecular complexity index is 1210.